The Kier molecular flexibility index (Phi) is 5.51. The van der Waals surface area contributed by atoms with Crippen LogP contribution in [0.3, 0.4) is 0 Å². The number of aliphatic carboxylic acids is 2. The molecule has 1 fully saturated rings. The number of hydrogen-bond donors (Lipinski definition) is 2. The lowest BCUT2D eigenvalue weighted by Gasteiger charge is -2.26. The summed E-state index contributed by atoms with van der Waals surface area (Å²) in [5.74, 6) is -3.27. The smallest absolute Gasteiger partial charge is 0.225 e. The number of hydrogen-bond acceptors (Lipinski definition) is 7. The van der Waals surface area contributed by atoms with E-state index in [1.807, 2.05) is 6.07 Å². The van der Waals surface area contributed by atoms with E-state index in [4.69, 9.17) is 0 Å². The molecule has 2 N–H and O–H groups in total. The van der Waals surface area contributed by atoms with Crippen LogP contribution in [0.2, 0.25) is 0 Å². The van der Waals surface area contributed by atoms with Gasteiger partial charge in [0.1, 0.15) is 0 Å². The maximum absolute atomic E-state index is 12.1. The second kappa shape index (κ2) is 7.23. The fourth-order valence-corrected chi connectivity index (χ4v) is 4.05. The van der Waals surface area contributed by atoms with E-state index in [1.165, 1.54) is 0 Å². The van der Waals surface area contributed by atoms with E-state index in [0.29, 0.717) is 0 Å². The third-order valence-corrected chi connectivity index (χ3v) is 5.28. The largest absolute Gasteiger partial charge is 0.548 e. The minimum Gasteiger partial charge on any atom is -0.548 e. The van der Waals surface area contributed by atoms with Crippen LogP contribution in [0, 0.1) is 0 Å². The van der Waals surface area contributed by atoms with Crippen molar-refractivity contribution < 1.29 is 24.6 Å². The molecule has 0 radical (unpaired) electrons. The Labute approximate surface area is 143 Å². The van der Waals surface area contributed by atoms with Gasteiger partial charge in [-0.2, -0.15) is 0 Å². The zero-order chi connectivity index (χ0) is 17.9. The molecule has 8 heteroatoms. The van der Waals surface area contributed by atoms with Crippen molar-refractivity contribution in [2.75, 3.05) is 0 Å². The Morgan fingerprint density at radius 1 is 1.25 bits per heavy atom. The van der Waals surface area contributed by atoms with Gasteiger partial charge in [0.25, 0.3) is 0 Å². The molecule has 0 bridgehead atoms. The first-order valence-corrected chi connectivity index (χ1v) is 8.27. The fraction of sp³-hybridized carbons (Fsp3) is 0.438. The van der Waals surface area contributed by atoms with Gasteiger partial charge in [-0.05, 0) is 19.4 Å². The van der Waals surface area contributed by atoms with Crippen LogP contribution >= 0.6 is 11.8 Å². The van der Waals surface area contributed by atoms with Crippen LogP contribution in [-0.4, -0.2) is 40.1 Å². The number of benzene rings is 1. The summed E-state index contributed by atoms with van der Waals surface area (Å²) in [6.45, 7) is 3.34. The predicted molar refractivity (Wildman–Crippen MR) is 84.5 cm³/mol. The van der Waals surface area contributed by atoms with Crippen LogP contribution in [0.1, 0.15) is 19.4 Å². The highest BCUT2D eigenvalue weighted by atomic mass is 32.2. The molecule has 1 aliphatic heterocycles. The molecule has 3 atom stereocenters. The van der Waals surface area contributed by atoms with Crippen LogP contribution in [-0.2, 0) is 20.8 Å². The predicted octanol–water partition coefficient (Wildman–Crippen LogP) is -1.98. The fourth-order valence-electron chi connectivity index (χ4n) is 2.57. The van der Waals surface area contributed by atoms with Crippen molar-refractivity contribution in [3.8, 4) is 0 Å². The van der Waals surface area contributed by atoms with Gasteiger partial charge >= 0.3 is 0 Å². The Hall–Kier alpha value is -2.06. The maximum Gasteiger partial charge on any atom is 0.225 e. The zero-order valence-corrected chi connectivity index (χ0v) is 14.1. The summed E-state index contributed by atoms with van der Waals surface area (Å²) in [6, 6.07) is 6.50. The minimum atomic E-state index is -1.48. The molecular formula is C16H18N2O5S-2. The van der Waals surface area contributed by atoms with Gasteiger partial charge < -0.3 is 25.1 Å². The van der Waals surface area contributed by atoms with E-state index in [0.717, 1.165) is 17.3 Å². The summed E-state index contributed by atoms with van der Waals surface area (Å²) in [7, 11) is 0. The van der Waals surface area contributed by atoms with Crippen LogP contribution < -0.4 is 20.8 Å². The summed E-state index contributed by atoms with van der Waals surface area (Å²) in [5.41, 5.74) is 0.743. The van der Waals surface area contributed by atoms with Crippen molar-refractivity contribution in [3.63, 3.8) is 0 Å². The number of carboxylic acids is 2. The highest BCUT2D eigenvalue weighted by Gasteiger charge is 2.45. The molecule has 1 heterocycles. The molecule has 1 saturated heterocycles. The van der Waals surface area contributed by atoms with Crippen molar-refractivity contribution in [2.24, 2.45) is 0 Å². The molecule has 24 heavy (non-hydrogen) atoms. The van der Waals surface area contributed by atoms with Crippen LogP contribution in [0.25, 0.3) is 0 Å². The summed E-state index contributed by atoms with van der Waals surface area (Å²) < 4.78 is -0.776. The Morgan fingerprint density at radius 3 is 2.38 bits per heavy atom. The summed E-state index contributed by atoms with van der Waals surface area (Å²) >= 11 is 1.12. The van der Waals surface area contributed by atoms with E-state index < -0.39 is 40.1 Å². The quantitative estimate of drug-likeness (QED) is 0.610. The number of nitrogens with one attached hydrogen (secondary N) is 2. The van der Waals surface area contributed by atoms with Gasteiger partial charge in [-0.1, -0.05) is 30.3 Å². The first-order valence-electron chi connectivity index (χ1n) is 7.39. The standard InChI is InChI=1S/C16H20N2O5S/c1-16(2)12(15(22)23)18-13(24-16)11(14(20)21)17-10(19)8-9-6-4-3-5-7-9/h3-7,11-13,18H,8H2,1-2H3,(H,17,19)(H,20,21)(H,22,23)/p-2/t11-,12-,13+/m0/s1. The van der Waals surface area contributed by atoms with E-state index in [2.05, 4.69) is 10.6 Å². The Balaban J connectivity index is 2.06. The highest BCUT2D eigenvalue weighted by Crippen LogP contribution is 2.38. The Bertz CT molecular complexity index is 635. The second-order valence-electron chi connectivity index (χ2n) is 6.09. The lowest BCUT2D eigenvalue weighted by atomic mass is 10.0. The highest BCUT2D eigenvalue weighted by molar-refractivity contribution is 8.01. The molecule has 0 saturated carbocycles. The first-order chi connectivity index (χ1) is 11.2. The summed E-state index contributed by atoms with van der Waals surface area (Å²) in [6.07, 6.45) is 0.0231. The number of amides is 1. The normalized spacial score (nSPS) is 23.4. The molecule has 0 spiro atoms. The third kappa shape index (κ3) is 4.27. The summed E-state index contributed by atoms with van der Waals surface area (Å²) in [5, 5.41) is 26.9. The van der Waals surface area contributed by atoms with Crippen molar-refractivity contribution in [2.45, 2.75) is 42.5 Å². The van der Waals surface area contributed by atoms with Crippen molar-refractivity contribution >= 4 is 29.6 Å². The van der Waals surface area contributed by atoms with Gasteiger partial charge in [0, 0.05) is 4.75 Å². The van der Waals surface area contributed by atoms with E-state index >= 15 is 0 Å². The van der Waals surface area contributed by atoms with E-state index in [-0.39, 0.29) is 6.42 Å². The van der Waals surface area contributed by atoms with Crippen molar-refractivity contribution in [1.82, 2.24) is 10.6 Å². The zero-order valence-electron chi connectivity index (χ0n) is 13.3. The van der Waals surface area contributed by atoms with Gasteiger partial charge in [-0.3, -0.25) is 10.1 Å². The molecule has 0 aromatic heterocycles. The maximum atomic E-state index is 12.1. The number of carbonyl (C=O) groups is 3. The van der Waals surface area contributed by atoms with E-state index in [1.54, 1.807) is 38.1 Å². The van der Waals surface area contributed by atoms with Gasteiger partial charge in [0.2, 0.25) is 5.91 Å². The van der Waals surface area contributed by atoms with Gasteiger partial charge in [-0.15, -0.1) is 11.8 Å². The van der Waals surface area contributed by atoms with Crippen LogP contribution in [0.5, 0.6) is 0 Å². The van der Waals surface area contributed by atoms with Crippen molar-refractivity contribution in [1.29, 1.82) is 0 Å². The van der Waals surface area contributed by atoms with Gasteiger partial charge in [0.15, 0.2) is 0 Å². The minimum absolute atomic E-state index is 0.0231. The molecule has 0 aliphatic carbocycles. The molecule has 0 unspecified atom stereocenters. The lowest BCUT2D eigenvalue weighted by molar-refractivity contribution is -0.311. The number of carboxylic acid groups (broad SMARTS) is 2. The Morgan fingerprint density at radius 2 is 1.88 bits per heavy atom. The first kappa shape index (κ1) is 18.3. The summed E-state index contributed by atoms with van der Waals surface area (Å²) in [4.78, 5) is 34.7. The van der Waals surface area contributed by atoms with Crippen LogP contribution in [0.4, 0.5) is 0 Å². The molecule has 7 nitrogen and oxygen atoms in total. The molecule has 130 valence electrons. The van der Waals surface area contributed by atoms with Crippen LogP contribution in [0.15, 0.2) is 30.3 Å². The lowest BCUT2D eigenvalue weighted by Crippen LogP contribution is -2.59. The average Bonchev–Trinajstić information content (AvgIpc) is 2.81. The molecule has 1 amide bonds. The topological polar surface area (TPSA) is 121 Å². The molecule has 2 rings (SSSR count). The van der Waals surface area contributed by atoms with Gasteiger partial charge in [0.05, 0.1) is 35.8 Å². The monoisotopic (exact) mass is 350 g/mol. The molecule has 1 aromatic rings. The number of thioether (sulfide) groups is 1. The molecular weight excluding hydrogens is 332 g/mol. The number of carbonyl (C=O) groups excluding carboxylic acids is 3. The average molecular weight is 350 g/mol. The van der Waals surface area contributed by atoms with Crippen molar-refractivity contribution in [3.05, 3.63) is 35.9 Å². The second-order valence-corrected chi connectivity index (χ2v) is 7.88. The molecule has 1 aromatic carbocycles. The molecule has 1 aliphatic rings. The third-order valence-electron chi connectivity index (χ3n) is 3.77. The SMILES string of the molecule is CC1(C)S[C@H]([C@H](NC(=O)Cc2ccccc2)C(=O)[O-])N[C@H]1C(=O)[O-]. The van der Waals surface area contributed by atoms with Gasteiger partial charge in [-0.25, -0.2) is 0 Å². The number of rotatable bonds is 6. The van der Waals surface area contributed by atoms with E-state index in [9.17, 15) is 24.6 Å².